The van der Waals surface area contributed by atoms with E-state index in [2.05, 4.69) is 30.3 Å². The Balaban J connectivity index is 1.41. The molecule has 0 unspecified atom stereocenters. The quantitative estimate of drug-likeness (QED) is 0.144. The van der Waals surface area contributed by atoms with Gasteiger partial charge in [-0.1, -0.05) is 145 Å². The van der Waals surface area contributed by atoms with E-state index >= 15 is 0 Å². The van der Waals surface area contributed by atoms with Gasteiger partial charge in [-0.3, -0.25) is 0 Å². The van der Waals surface area contributed by atoms with Crippen LogP contribution in [0, 0.1) is 0 Å². The second-order valence-electron chi connectivity index (χ2n) is 11.5. The first-order valence-electron chi connectivity index (χ1n) is 20.8. The van der Waals surface area contributed by atoms with Crippen molar-refractivity contribution in [2.45, 2.75) is 0 Å². The first-order chi connectivity index (χ1) is 27.9. The van der Waals surface area contributed by atoms with Crippen LogP contribution in [0.5, 0.6) is 0 Å². The van der Waals surface area contributed by atoms with E-state index in [0.29, 0.717) is 5.56 Å². The van der Waals surface area contributed by atoms with Gasteiger partial charge in [-0.2, -0.15) is 0 Å². The Morgan fingerprint density at radius 2 is 1.00 bits per heavy atom. The summed E-state index contributed by atoms with van der Waals surface area (Å²) in [5, 5.41) is 7.49. The third-order valence-electron chi connectivity index (χ3n) is 9.04. The monoisotopic (exact) mass is 607 g/mol. The molecule has 0 saturated heterocycles. The van der Waals surface area contributed by atoms with E-state index in [4.69, 9.17) is 16.8 Å². The lowest BCUT2D eigenvalue weighted by Crippen LogP contribution is -1.92. The lowest BCUT2D eigenvalue weighted by molar-refractivity contribution is 0.669. The molecule has 1 aromatic heterocycles. The summed E-state index contributed by atoms with van der Waals surface area (Å²) >= 11 is 0. The molecule has 10 aromatic rings. The highest BCUT2D eigenvalue weighted by Gasteiger charge is 2.21. The highest BCUT2D eigenvalue weighted by Crippen LogP contribution is 2.48. The van der Waals surface area contributed by atoms with Gasteiger partial charge >= 0.3 is 0 Å². The maximum absolute atomic E-state index is 9.60. The average Bonchev–Trinajstić information content (AvgIpc) is 3.65. The zero-order valence-corrected chi connectivity index (χ0v) is 24.7. The van der Waals surface area contributed by atoms with Gasteiger partial charge < -0.3 is 4.42 Å². The number of fused-ring (bicyclic) bond motifs is 8. The molecule has 0 aliphatic heterocycles. The van der Waals surface area contributed by atoms with Crippen molar-refractivity contribution in [3.05, 3.63) is 170 Å². The maximum Gasteiger partial charge on any atom is 0.136 e. The van der Waals surface area contributed by atoms with Crippen LogP contribution in [0.4, 0.5) is 0 Å². The van der Waals surface area contributed by atoms with E-state index in [0.717, 1.165) is 54.2 Å². The van der Waals surface area contributed by atoms with E-state index in [1.54, 1.807) is 0 Å². The van der Waals surface area contributed by atoms with Crippen molar-refractivity contribution in [3.8, 4) is 33.4 Å². The van der Waals surface area contributed by atoms with Crippen molar-refractivity contribution >= 4 is 65.0 Å². The van der Waals surface area contributed by atoms with Crippen LogP contribution in [0.2, 0.25) is 0 Å². The van der Waals surface area contributed by atoms with Gasteiger partial charge in [0, 0.05) is 10.8 Å². The minimum absolute atomic E-state index is 0.0624. The first-order valence-corrected chi connectivity index (χ1v) is 15.3. The minimum atomic E-state index is -0.655. The molecule has 0 radical (unpaired) electrons. The van der Waals surface area contributed by atoms with E-state index in [-0.39, 0.29) is 39.1 Å². The predicted molar refractivity (Wildman–Crippen MR) is 200 cm³/mol. The molecule has 0 atom stereocenters. The molecular weight excluding hydrogens is 569 g/mol. The van der Waals surface area contributed by atoms with Gasteiger partial charge in [0.05, 0.1) is 15.1 Å². The van der Waals surface area contributed by atoms with Crippen LogP contribution in [-0.4, -0.2) is 0 Å². The summed E-state index contributed by atoms with van der Waals surface area (Å²) in [6.07, 6.45) is 0. The molecule has 0 bridgehead atoms. The van der Waals surface area contributed by atoms with E-state index in [1.807, 2.05) is 72.8 Å². The molecule has 47 heavy (non-hydrogen) atoms. The molecule has 0 fully saturated rings. The fraction of sp³-hybridized carbons (Fsp3) is 0. The summed E-state index contributed by atoms with van der Waals surface area (Å²) in [6.45, 7) is 0. The molecule has 1 heterocycles. The topological polar surface area (TPSA) is 13.1 Å². The van der Waals surface area contributed by atoms with Gasteiger partial charge in [0.15, 0.2) is 0 Å². The minimum Gasteiger partial charge on any atom is -0.456 e. The molecule has 1 heteroatoms. The van der Waals surface area contributed by atoms with Crippen molar-refractivity contribution in [2.24, 2.45) is 0 Å². The first kappa shape index (κ1) is 17.5. The highest BCUT2D eigenvalue weighted by molar-refractivity contribution is 6.28. The zero-order chi connectivity index (χ0) is 40.5. The molecule has 0 aliphatic rings. The molecule has 0 aliphatic carbocycles. The van der Waals surface area contributed by atoms with Crippen LogP contribution in [0.3, 0.4) is 0 Å². The predicted octanol–water partition coefficient (Wildman–Crippen LogP) is 13.2. The third kappa shape index (κ3) is 3.90. The highest BCUT2D eigenvalue weighted by atomic mass is 16.3. The molecule has 10 rings (SSSR count). The van der Waals surface area contributed by atoms with E-state index in [9.17, 15) is 2.74 Å². The average molecular weight is 608 g/mol. The summed E-state index contributed by atoms with van der Waals surface area (Å²) in [5.41, 5.74) is 1.48. The third-order valence-corrected chi connectivity index (χ3v) is 9.04. The van der Waals surface area contributed by atoms with Crippen LogP contribution in [0.1, 0.15) is 15.1 Å². The SMILES string of the molecule is [2H]c1c([2H])c([2H])c(-c2c([2H])c([2H])c3oc4c([2H])c([2H])c([2H])c(-c5c6ccccc6c(-c6cc7ccccc7c7ccccc67)c6ccccc56)c4c3c2[2H])c([2H])c1[2H]. The fourth-order valence-corrected chi connectivity index (χ4v) is 7.09. The number of hydrogen-bond donors (Lipinski definition) is 0. The maximum atomic E-state index is 9.60. The molecule has 0 amide bonds. The number of benzene rings is 9. The van der Waals surface area contributed by atoms with Gasteiger partial charge in [-0.15, -0.1) is 0 Å². The lowest BCUT2D eigenvalue weighted by atomic mass is 9.83. The van der Waals surface area contributed by atoms with Crippen molar-refractivity contribution in [3.63, 3.8) is 0 Å². The summed E-state index contributed by atoms with van der Waals surface area (Å²) in [5.74, 6) is 0. The number of hydrogen-bond acceptors (Lipinski definition) is 1. The van der Waals surface area contributed by atoms with Crippen LogP contribution in [-0.2, 0) is 0 Å². The van der Waals surface area contributed by atoms with Crippen molar-refractivity contribution in [2.75, 3.05) is 0 Å². The van der Waals surface area contributed by atoms with Gasteiger partial charge in [-0.25, -0.2) is 0 Å². The molecule has 0 spiro atoms. The Kier molecular flexibility index (Phi) is 3.79. The van der Waals surface area contributed by atoms with E-state index < -0.39 is 66.0 Å². The summed E-state index contributed by atoms with van der Waals surface area (Å²) in [7, 11) is 0. The Bertz CT molecular complexity index is 3390. The summed E-state index contributed by atoms with van der Waals surface area (Å²) in [6, 6.07) is 28.3. The van der Waals surface area contributed by atoms with Gasteiger partial charge in [0.25, 0.3) is 0 Å². The standard InChI is InChI=1S/C46H28O/c1-2-13-29(14-3-1)30-25-26-42-41(27-30)46-39(23-12-24-43(46)47-42)44-35-19-8-10-21-37(35)45(38-22-11-9-20-36(38)44)40-28-31-15-4-5-16-32(31)33-17-6-7-18-34(33)40/h1-28H/i1D,2D,3D,12D,13D,14D,23D,24D,25D,26D,27D. The Labute approximate surface area is 287 Å². The molecule has 0 saturated carbocycles. The van der Waals surface area contributed by atoms with Crippen molar-refractivity contribution < 1.29 is 19.5 Å². The van der Waals surface area contributed by atoms with Gasteiger partial charge in [-0.05, 0) is 101 Å². The smallest absolute Gasteiger partial charge is 0.136 e. The van der Waals surface area contributed by atoms with Crippen molar-refractivity contribution in [1.29, 1.82) is 0 Å². The largest absolute Gasteiger partial charge is 0.456 e. The number of rotatable bonds is 3. The van der Waals surface area contributed by atoms with Crippen LogP contribution in [0.25, 0.3) is 98.4 Å². The molecule has 218 valence electrons. The molecule has 9 aromatic carbocycles. The van der Waals surface area contributed by atoms with Crippen LogP contribution >= 0.6 is 0 Å². The van der Waals surface area contributed by atoms with E-state index in [1.165, 1.54) is 0 Å². The fourth-order valence-electron chi connectivity index (χ4n) is 7.09. The van der Waals surface area contributed by atoms with Crippen molar-refractivity contribution in [1.82, 2.24) is 0 Å². The van der Waals surface area contributed by atoms with Gasteiger partial charge in [0.2, 0.25) is 0 Å². The van der Waals surface area contributed by atoms with Gasteiger partial charge in [0.1, 0.15) is 11.2 Å². The molecular formula is C46H28O. The van der Waals surface area contributed by atoms with Crippen LogP contribution in [0.15, 0.2) is 174 Å². The Morgan fingerprint density at radius 1 is 0.404 bits per heavy atom. The Hall–Kier alpha value is -6.18. The molecule has 1 nitrogen and oxygen atoms in total. The van der Waals surface area contributed by atoms with Crippen LogP contribution < -0.4 is 0 Å². The summed E-state index contributed by atoms with van der Waals surface area (Å²) < 4.78 is 104. The Morgan fingerprint density at radius 3 is 1.70 bits per heavy atom. The zero-order valence-electron chi connectivity index (χ0n) is 35.7. The normalized spacial score (nSPS) is 15.1. The lowest BCUT2D eigenvalue weighted by Gasteiger charge is -2.20. The second kappa shape index (κ2) is 10.2. The summed E-state index contributed by atoms with van der Waals surface area (Å²) in [4.78, 5) is 0. The second-order valence-corrected chi connectivity index (χ2v) is 11.5. The molecule has 0 N–H and O–H groups in total. The number of furan rings is 1.